The van der Waals surface area contributed by atoms with Gasteiger partial charge < -0.3 is 4.74 Å². The molecule has 0 aliphatic rings. The molecule has 0 rings (SSSR count). The Morgan fingerprint density at radius 3 is 2.27 bits per heavy atom. The summed E-state index contributed by atoms with van der Waals surface area (Å²) in [5, 5.41) is 0. The monoisotopic (exact) mass is 174 g/mol. The summed E-state index contributed by atoms with van der Waals surface area (Å²) in [6.45, 7) is -3.96. The fourth-order valence-corrected chi connectivity index (χ4v) is 0.291. The minimum absolute atomic E-state index is 0.769. The minimum Gasteiger partial charge on any atom is -0.458 e. The Morgan fingerprint density at radius 1 is 1.36 bits per heavy atom. The van der Waals surface area contributed by atoms with Crippen molar-refractivity contribution in [2.24, 2.45) is 0 Å². The van der Waals surface area contributed by atoms with Gasteiger partial charge in [0.2, 0.25) is 0 Å². The fraction of sp³-hybridized carbons (Fsp3) is 0.800. The van der Waals surface area contributed by atoms with E-state index in [1.807, 2.05) is 0 Å². The van der Waals surface area contributed by atoms with Crippen molar-refractivity contribution in [3.05, 3.63) is 0 Å². The van der Waals surface area contributed by atoms with Crippen LogP contribution >= 0.6 is 0 Å². The number of carbonyl (C=O) groups is 1. The number of rotatable bonds is 4. The van der Waals surface area contributed by atoms with Crippen LogP contribution in [0.3, 0.4) is 0 Å². The van der Waals surface area contributed by atoms with Crippen LogP contribution in [0, 0.1) is 0 Å². The molecule has 0 spiro atoms. The van der Waals surface area contributed by atoms with Crippen LogP contribution in [-0.2, 0) is 9.53 Å². The molecule has 11 heavy (non-hydrogen) atoms. The second-order valence-electron chi connectivity index (χ2n) is 1.66. The third-order valence-corrected chi connectivity index (χ3v) is 0.777. The van der Waals surface area contributed by atoms with Crippen molar-refractivity contribution < 1.29 is 27.1 Å². The van der Waals surface area contributed by atoms with E-state index in [0.717, 1.165) is 0 Å². The van der Waals surface area contributed by atoms with E-state index in [1.165, 1.54) is 0 Å². The number of halogens is 4. The van der Waals surface area contributed by atoms with E-state index in [-0.39, 0.29) is 0 Å². The highest BCUT2D eigenvalue weighted by Gasteiger charge is 2.40. The lowest BCUT2D eigenvalue weighted by atomic mass is 10.4. The summed E-state index contributed by atoms with van der Waals surface area (Å²) in [6.07, 6.45) is 0. The van der Waals surface area contributed by atoms with Gasteiger partial charge in [-0.15, -0.1) is 0 Å². The van der Waals surface area contributed by atoms with Crippen LogP contribution in [-0.4, -0.2) is 31.8 Å². The number of alkyl halides is 4. The first-order valence-electron chi connectivity index (χ1n) is 2.71. The molecule has 6 heteroatoms. The standard InChI is InChI=1S/C5H6F4O2/c6-1-2-11-4(10)5(8,9)3-7/h1-3H2. The molecule has 66 valence electrons. The average molecular weight is 174 g/mol. The third kappa shape index (κ3) is 3.20. The minimum atomic E-state index is -4.14. The van der Waals surface area contributed by atoms with Crippen molar-refractivity contribution in [1.29, 1.82) is 0 Å². The molecule has 0 aromatic heterocycles. The highest BCUT2D eigenvalue weighted by Crippen LogP contribution is 2.15. The maximum absolute atomic E-state index is 11.9. The van der Waals surface area contributed by atoms with Crippen LogP contribution < -0.4 is 0 Å². The summed E-state index contributed by atoms with van der Waals surface area (Å²) in [5.74, 6) is -6.17. The molecule has 0 atom stereocenters. The zero-order chi connectivity index (χ0) is 8.91. The van der Waals surface area contributed by atoms with Crippen LogP contribution in [0.1, 0.15) is 0 Å². The highest BCUT2D eigenvalue weighted by atomic mass is 19.3. The van der Waals surface area contributed by atoms with Crippen molar-refractivity contribution >= 4 is 5.97 Å². The topological polar surface area (TPSA) is 26.3 Å². The molecule has 0 aromatic carbocycles. The highest BCUT2D eigenvalue weighted by molar-refractivity contribution is 5.77. The number of hydrogen-bond donors (Lipinski definition) is 0. The van der Waals surface area contributed by atoms with Crippen LogP contribution in [0.2, 0.25) is 0 Å². The van der Waals surface area contributed by atoms with E-state index in [0.29, 0.717) is 0 Å². The van der Waals surface area contributed by atoms with Crippen molar-refractivity contribution in [1.82, 2.24) is 0 Å². The maximum atomic E-state index is 11.9. The van der Waals surface area contributed by atoms with Crippen LogP contribution in [0.4, 0.5) is 17.6 Å². The van der Waals surface area contributed by atoms with E-state index in [9.17, 15) is 22.4 Å². The molecule has 2 nitrogen and oxygen atoms in total. The zero-order valence-corrected chi connectivity index (χ0v) is 5.45. The number of esters is 1. The van der Waals surface area contributed by atoms with Crippen molar-refractivity contribution in [3.63, 3.8) is 0 Å². The lowest BCUT2D eigenvalue weighted by Gasteiger charge is -2.09. The van der Waals surface area contributed by atoms with Crippen LogP contribution in [0.5, 0.6) is 0 Å². The second-order valence-corrected chi connectivity index (χ2v) is 1.66. The van der Waals surface area contributed by atoms with E-state index in [2.05, 4.69) is 4.74 Å². The summed E-state index contributed by atoms with van der Waals surface area (Å²) in [6, 6.07) is 0. The van der Waals surface area contributed by atoms with E-state index in [1.54, 1.807) is 0 Å². The van der Waals surface area contributed by atoms with Gasteiger partial charge in [-0.05, 0) is 0 Å². The zero-order valence-electron chi connectivity index (χ0n) is 5.45. The first kappa shape index (κ1) is 10.2. The molecule has 0 saturated heterocycles. The molecule has 0 N–H and O–H groups in total. The predicted molar refractivity (Wildman–Crippen MR) is 27.9 cm³/mol. The number of ether oxygens (including phenoxy) is 1. The van der Waals surface area contributed by atoms with Gasteiger partial charge in [0.25, 0.3) is 0 Å². The van der Waals surface area contributed by atoms with E-state index in [4.69, 9.17) is 0 Å². The molecule has 0 radical (unpaired) electrons. The quantitative estimate of drug-likeness (QED) is 0.471. The largest absolute Gasteiger partial charge is 0.458 e. The SMILES string of the molecule is O=C(OCCF)C(F)(F)CF. The van der Waals surface area contributed by atoms with Gasteiger partial charge in [-0.2, -0.15) is 8.78 Å². The normalized spacial score (nSPS) is 11.3. The molecular weight excluding hydrogens is 168 g/mol. The first-order valence-corrected chi connectivity index (χ1v) is 2.71. The van der Waals surface area contributed by atoms with Gasteiger partial charge in [0.05, 0.1) is 0 Å². The number of carbonyl (C=O) groups excluding carboxylic acids is 1. The smallest absolute Gasteiger partial charge is 0.379 e. The number of hydrogen-bond acceptors (Lipinski definition) is 2. The van der Waals surface area contributed by atoms with Crippen molar-refractivity contribution in [2.45, 2.75) is 5.92 Å². The van der Waals surface area contributed by atoms with Crippen molar-refractivity contribution in [3.8, 4) is 0 Å². The molecular formula is C5H6F4O2. The molecule has 0 unspecified atom stereocenters. The van der Waals surface area contributed by atoms with Crippen LogP contribution in [0.15, 0.2) is 0 Å². The average Bonchev–Trinajstić information content (AvgIpc) is 2.00. The molecule has 0 heterocycles. The molecule has 0 aromatic rings. The summed E-state index contributed by atoms with van der Waals surface area (Å²) < 4.78 is 50.0. The molecule has 0 bridgehead atoms. The summed E-state index contributed by atoms with van der Waals surface area (Å²) in [7, 11) is 0. The summed E-state index contributed by atoms with van der Waals surface area (Å²) >= 11 is 0. The lowest BCUT2D eigenvalue weighted by Crippen LogP contribution is -2.33. The Balaban J connectivity index is 3.82. The van der Waals surface area contributed by atoms with Crippen LogP contribution in [0.25, 0.3) is 0 Å². The van der Waals surface area contributed by atoms with Gasteiger partial charge in [0, 0.05) is 0 Å². The molecule has 0 saturated carbocycles. The summed E-state index contributed by atoms with van der Waals surface area (Å²) in [5.41, 5.74) is 0. The van der Waals surface area contributed by atoms with E-state index < -0.39 is 31.8 Å². The molecule has 0 amide bonds. The molecule has 0 fully saturated rings. The van der Waals surface area contributed by atoms with E-state index >= 15 is 0 Å². The maximum Gasteiger partial charge on any atom is 0.379 e. The Labute approximate surface area is 60.1 Å². The van der Waals surface area contributed by atoms with Gasteiger partial charge in [-0.1, -0.05) is 0 Å². The molecule has 0 aliphatic heterocycles. The Kier molecular flexibility index (Phi) is 3.84. The predicted octanol–water partition coefficient (Wildman–Crippen LogP) is 1.10. The Hall–Kier alpha value is -0.810. The third-order valence-electron chi connectivity index (χ3n) is 0.777. The van der Waals surface area contributed by atoms with Gasteiger partial charge in [0.1, 0.15) is 13.3 Å². The lowest BCUT2D eigenvalue weighted by molar-refractivity contribution is -0.174. The van der Waals surface area contributed by atoms with Gasteiger partial charge in [0.15, 0.2) is 6.67 Å². The van der Waals surface area contributed by atoms with Crippen molar-refractivity contribution in [2.75, 3.05) is 20.0 Å². The summed E-state index contributed by atoms with van der Waals surface area (Å²) in [4.78, 5) is 10.1. The fourth-order valence-electron chi connectivity index (χ4n) is 0.291. The molecule has 0 aliphatic carbocycles. The van der Waals surface area contributed by atoms with Gasteiger partial charge >= 0.3 is 11.9 Å². The van der Waals surface area contributed by atoms with Gasteiger partial charge in [-0.3, -0.25) is 0 Å². The second kappa shape index (κ2) is 4.15. The Morgan fingerprint density at radius 2 is 1.91 bits per heavy atom. The van der Waals surface area contributed by atoms with Gasteiger partial charge in [-0.25, -0.2) is 13.6 Å². The Bertz CT molecular complexity index is 136. The first-order chi connectivity index (χ1) is 5.04.